The van der Waals surface area contributed by atoms with E-state index in [9.17, 15) is 9.59 Å². The predicted octanol–water partition coefficient (Wildman–Crippen LogP) is 0.720. The van der Waals surface area contributed by atoms with Crippen LogP contribution < -0.4 is 16.4 Å². The molecule has 0 aliphatic rings. The molecule has 4 N–H and O–H groups in total. The third-order valence-corrected chi connectivity index (χ3v) is 2.20. The summed E-state index contributed by atoms with van der Waals surface area (Å²) in [5.74, 6) is -1.38. The molecule has 0 radical (unpaired) electrons. The van der Waals surface area contributed by atoms with Gasteiger partial charge in [-0.05, 0) is 25.7 Å². The van der Waals surface area contributed by atoms with Crippen LogP contribution in [-0.2, 0) is 9.59 Å². The van der Waals surface area contributed by atoms with Crippen LogP contribution >= 0.6 is 12.2 Å². The van der Waals surface area contributed by atoms with E-state index in [0.29, 0.717) is 0 Å². The lowest BCUT2D eigenvalue weighted by molar-refractivity contribution is -0.140. The second-order valence-electron chi connectivity index (χ2n) is 6.22. The Labute approximate surface area is 114 Å². The fourth-order valence-corrected chi connectivity index (χ4v) is 2.05. The number of hydrogen-bond donors (Lipinski definition) is 3. The van der Waals surface area contributed by atoms with Gasteiger partial charge in [-0.1, -0.05) is 33.0 Å². The number of rotatable bonds is 4. The van der Waals surface area contributed by atoms with Crippen LogP contribution in [-0.4, -0.2) is 28.9 Å². The highest BCUT2D eigenvalue weighted by atomic mass is 32.1. The summed E-state index contributed by atoms with van der Waals surface area (Å²) in [7, 11) is 0. The van der Waals surface area contributed by atoms with Crippen molar-refractivity contribution in [2.24, 2.45) is 11.1 Å². The van der Waals surface area contributed by atoms with Crippen molar-refractivity contribution in [2.45, 2.75) is 46.6 Å². The molecule has 0 saturated carbocycles. The van der Waals surface area contributed by atoms with Gasteiger partial charge in [-0.25, -0.2) is 0 Å². The van der Waals surface area contributed by atoms with Gasteiger partial charge in [-0.2, -0.15) is 0 Å². The minimum absolute atomic E-state index is 0.0291. The van der Waals surface area contributed by atoms with E-state index in [2.05, 4.69) is 43.6 Å². The SMILES string of the molecule is CC(C)(C)CC(C)(C)NC(=O)C(=O)NCC(N)=S. The zero-order valence-electron chi connectivity index (χ0n) is 11.7. The van der Waals surface area contributed by atoms with Gasteiger partial charge in [0.25, 0.3) is 0 Å². The van der Waals surface area contributed by atoms with E-state index in [1.165, 1.54) is 0 Å². The van der Waals surface area contributed by atoms with Crippen molar-refractivity contribution >= 4 is 29.0 Å². The predicted molar refractivity (Wildman–Crippen MR) is 76.1 cm³/mol. The summed E-state index contributed by atoms with van der Waals surface area (Å²) in [6, 6.07) is 0. The monoisotopic (exact) mass is 273 g/mol. The molecule has 0 bridgehead atoms. The maximum absolute atomic E-state index is 11.6. The molecule has 0 aromatic rings. The van der Waals surface area contributed by atoms with Crippen molar-refractivity contribution in [2.75, 3.05) is 6.54 Å². The van der Waals surface area contributed by atoms with Crippen molar-refractivity contribution < 1.29 is 9.59 Å². The van der Waals surface area contributed by atoms with E-state index in [1.54, 1.807) is 0 Å². The summed E-state index contributed by atoms with van der Waals surface area (Å²) in [6.45, 7) is 10.0. The molecule has 0 aromatic heterocycles. The standard InChI is InChI=1S/C12H23N3O2S/c1-11(2,3)7-12(4,5)15-10(17)9(16)14-6-8(13)18/h6-7H2,1-5H3,(H2,13,18)(H,14,16)(H,15,17). The minimum atomic E-state index is -0.718. The van der Waals surface area contributed by atoms with Crippen molar-refractivity contribution in [3.63, 3.8) is 0 Å². The fourth-order valence-electron chi connectivity index (χ4n) is 1.98. The Hall–Kier alpha value is -1.17. The van der Waals surface area contributed by atoms with Gasteiger partial charge >= 0.3 is 11.8 Å². The number of nitrogens with two attached hydrogens (primary N) is 1. The maximum atomic E-state index is 11.6. The molecular weight excluding hydrogens is 250 g/mol. The number of nitrogens with one attached hydrogen (secondary N) is 2. The summed E-state index contributed by atoms with van der Waals surface area (Å²) in [5, 5.41) is 5.05. The first-order valence-electron chi connectivity index (χ1n) is 5.82. The molecule has 2 amide bonds. The highest BCUT2D eigenvalue weighted by molar-refractivity contribution is 7.80. The van der Waals surface area contributed by atoms with E-state index >= 15 is 0 Å². The normalized spacial score (nSPS) is 11.8. The second-order valence-corrected chi connectivity index (χ2v) is 6.75. The Kier molecular flexibility index (Phi) is 5.73. The average molecular weight is 273 g/mol. The summed E-state index contributed by atoms with van der Waals surface area (Å²) < 4.78 is 0. The number of carbonyl (C=O) groups is 2. The van der Waals surface area contributed by atoms with E-state index < -0.39 is 17.4 Å². The van der Waals surface area contributed by atoms with Crippen LogP contribution in [0.15, 0.2) is 0 Å². The van der Waals surface area contributed by atoms with Crippen LogP contribution in [0.2, 0.25) is 0 Å². The third kappa shape index (κ3) is 8.00. The Bertz CT molecular complexity index is 346. The Morgan fingerprint density at radius 2 is 1.61 bits per heavy atom. The Morgan fingerprint density at radius 1 is 1.11 bits per heavy atom. The van der Waals surface area contributed by atoms with Crippen molar-refractivity contribution in [3.8, 4) is 0 Å². The van der Waals surface area contributed by atoms with Gasteiger partial charge < -0.3 is 16.4 Å². The summed E-state index contributed by atoms with van der Waals surface area (Å²) >= 11 is 4.61. The molecule has 0 aromatic carbocycles. The first-order valence-corrected chi connectivity index (χ1v) is 6.22. The molecule has 18 heavy (non-hydrogen) atoms. The molecular formula is C12H23N3O2S. The van der Waals surface area contributed by atoms with Crippen LogP contribution in [0.3, 0.4) is 0 Å². The van der Waals surface area contributed by atoms with Crippen LogP contribution in [0.5, 0.6) is 0 Å². The average Bonchev–Trinajstić information content (AvgIpc) is 2.08. The highest BCUT2D eigenvalue weighted by Gasteiger charge is 2.29. The Morgan fingerprint density at radius 3 is 2.00 bits per heavy atom. The van der Waals surface area contributed by atoms with Crippen LogP contribution in [0.25, 0.3) is 0 Å². The second kappa shape index (κ2) is 6.13. The van der Waals surface area contributed by atoms with Crippen LogP contribution in [0.1, 0.15) is 41.0 Å². The zero-order valence-corrected chi connectivity index (χ0v) is 12.5. The minimum Gasteiger partial charge on any atom is -0.392 e. The van der Waals surface area contributed by atoms with Gasteiger partial charge in [0.2, 0.25) is 0 Å². The van der Waals surface area contributed by atoms with E-state index in [4.69, 9.17) is 5.73 Å². The molecule has 0 rings (SSSR count). The molecule has 0 fully saturated rings. The van der Waals surface area contributed by atoms with E-state index in [-0.39, 0.29) is 16.9 Å². The number of amides is 2. The molecule has 0 atom stereocenters. The molecule has 104 valence electrons. The number of carbonyl (C=O) groups excluding carboxylic acids is 2. The van der Waals surface area contributed by atoms with Crippen molar-refractivity contribution in [1.29, 1.82) is 0 Å². The van der Waals surface area contributed by atoms with E-state index in [0.717, 1.165) is 6.42 Å². The van der Waals surface area contributed by atoms with Gasteiger partial charge in [-0.3, -0.25) is 9.59 Å². The summed E-state index contributed by atoms with van der Waals surface area (Å²) in [5.41, 5.74) is 4.85. The molecule has 5 nitrogen and oxygen atoms in total. The molecule has 6 heteroatoms. The molecule has 0 aliphatic heterocycles. The quantitative estimate of drug-likeness (QED) is 0.520. The number of hydrogen-bond acceptors (Lipinski definition) is 3. The van der Waals surface area contributed by atoms with Gasteiger partial charge in [0.05, 0.1) is 11.5 Å². The lowest BCUT2D eigenvalue weighted by Crippen LogP contribution is -2.51. The van der Waals surface area contributed by atoms with E-state index in [1.807, 2.05) is 13.8 Å². The molecule has 0 saturated heterocycles. The van der Waals surface area contributed by atoms with Gasteiger partial charge in [0.1, 0.15) is 0 Å². The first kappa shape index (κ1) is 16.8. The number of thiocarbonyl (C=S) groups is 1. The Balaban J connectivity index is 4.37. The topological polar surface area (TPSA) is 84.2 Å². The van der Waals surface area contributed by atoms with Crippen molar-refractivity contribution in [1.82, 2.24) is 10.6 Å². The van der Waals surface area contributed by atoms with Gasteiger partial charge in [-0.15, -0.1) is 0 Å². The smallest absolute Gasteiger partial charge is 0.309 e. The highest BCUT2D eigenvalue weighted by Crippen LogP contribution is 2.26. The molecule has 0 unspecified atom stereocenters. The van der Waals surface area contributed by atoms with Crippen LogP contribution in [0, 0.1) is 5.41 Å². The summed E-state index contributed by atoms with van der Waals surface area (Å²) in [4.78, 5) is 23.2. The summed E-state index contributed by atoms with van der Waals surface area (Å²) in [6.07, 6.45) is 0.758. The maximum Gasteiger partial charge on any atom is 0.309 e. The zero-order chi connectivity index (χ0) is 14.6. The molecule has 0 spiro atoms. The first-order chi connectivity index (χ1) is 7.93. The van der Waals surface area contributed by atoms with Gasteiger partial charge in [0.15, 0.2) is 0 Å². The third-order valence-electron chi connectivity index (χ3n) is 2.05. The lowest BCUT2D eigenvalue weighted by atomic mass is 9.82. The van der Waals surface area contributed by atoms with Crippen LogP contribution in [0.4, 0.5) is 0 Å². The fraction of sp³-hybridized carbons (Fsp3) is 0.750. The molecule has 0 heterocycles. The molecule has 0 aliphatic carbocycles. The van der Waals surface area contributed by atoms with Gasteiger partial charge in [0, 0.05) is 5.54 Å². The lowest BCUT2D eigenvalue weighted by Gasteiger charge is -2.33. The van der Waals surface area contributed by atoms with Crippen molar-refractivity contribution in [3.05, 3.63) is 0 Å². The largest absolute Gasteiger partial charge is 0.392 e.